The molecule has 1 aromatic carbocycles. The molecule has 0 radical (unpaired) electrons. The van der Waals surface area contributed by atoms with E-state index in [4.69, 9.17) is 4.74 Å². The molecule has 0 heterocycles. The van der Waals surface area contributed by atoms with Crippen molar-refractivity contribution in [3.63, 3.8) is 0 Å². The molecule has 0 unspecified atom stereocenters. The molecule has 0 bridgehead atoms. The third-order valence-corrected chi connectivity index (χ3v) is 3.74. The van der Waals surface area contributed by atoms with E-state index >= 15 is 0 Å². The minimum atomic E-state index is -0.643. The molecule has 0 aliphatic heterocycles. The predicted molar refractivity (Wildman–Crippen MR) is 100 cm³/mol. The van der Waals surface area contributed by atoms with E-state index < -0.39 is 17.7 Å². The van der Waals surface area contributed by atoms with Gasteiger partial charge in [0.25, 0.3) is 0 Å². The number of rotatable bonds is 6. The molecule has 0 spiro atoms. The quantitative estimate of drug-likeness (QED) is 0.694. The van der Waals surface area contributed by atoms with Gasteiger partial charge in [0.05, 0.1) is 0 Å². The average Bonchev–Trinajstić information content (AvgIpc) is 2.44. The van der Waals surface area contributed by atoms with Crippen molar-refractivity contribution in [3.8, 4) is 0 Å². The lowest BCUT2D eigenvalue weighted by Gasteiger charge is -2.24. The van der Waals surface area contributed by atoms with Gasteiger partial charge in [0.15, 0.2) is 0 Å². The lowest BCUT2D eigenvalue weighted by Crippen LogP contribution is -2.46. The molecular formula is C18H27BrN2O3. The number of hydrogen-bond donors (Lipinski definition) is 2. The number of alkyl carbamates (subject to hydrolysis) is 1. The second-order valence-electron chi connectivity index (χ2n) is 7.15. The molecule has 0 aliphatic carbocycles. The second kappa shape index (κ2) is 9.06. The number of benzene rings is 1. The summed E-state index contributed by atoms with van der Waals surface area (Å²) < 4.78 is 5.25. The van der Waals surface area contributed by atoms with Gasteiger partial charge in [0.2, 0.25) is 5.91 Å². The summed E-state index contributed by atoms with van der Waals surface area (Å²) >= 11 is 3.39. The Morgan fingerprint density at radius 1 is 1.17 bits per heavy atom. The van der Waals surface area contributed by atoms with Crippen LogP contribution in [0, 0.1) is 5.92 Å². The van der Waals surface area contributed by atoms with Crippen LogP contribution in [0.25, 0.3) is 0 Å². The van der Waals surface area contributed by atoms with Crippen molar-refractivity contribution < 1.29 is 14.3 Å². The first kappa shape index (κ1) is 20.5. The Hall–Kier alpha value is -1.56. The van der Waals surface area contributed by atoms with E-state index in [0.717, 1.165) is 10.9 Å². The molecular weight excluding hydrogens is 372 g/mol. The molecule has 1 rings (SSSR count). The van der Waals surface area contributed by atoms with Crippen molar-refractivity contribution in [2.45, 2.75) is 58.0 Å². The number of ether oxygens (including phenoxy) is 1. The van der Waals surface area contributed by atoms with Crippen molar-refractivity contribution in [1.82, 2.24) is 5.32 Å². The van der Waals surface area contributed by atoms with Crippen molar-refractivity contribution in [1.29, 1.82) is 0 Å². The number of hydrogen-bond acceptors (Lipinski definition) is 3. The first-order valence-corrected chi connectivity index (χ1v) is 9.18. The minimum absolute atomic E-state index is 0.249. The van der Waals surface area contributed by atoms with Crippen LogP contribution in [0.2, 0.25) is 0 Å². The summed E-state index contributed by atoms with van der Waals surface area (Å²) in [5.74, 6) is 0.00705. The number of amides is 2. The Morgan fingerprint density at radius 2 is 1.75 bits per heavy atom. The number of carbonyl (C=O) groups is 2. The third kappa shape index (κ3) is 7.81. The van der Waals surface area contributed by atoms with Crippen LogP contribution in [0.5, 0.6) is 0 Å². The van der Waals surface area contributed by atoms with Gasteiger partial charge < -0.3 is 15.4 Å². The minimum Gasteiger partial charge on any atom is -0.444 e. The Balaban J connectivity index is 2.74. The van der Waals surface area contributed by atoms with Gasteiger partial charge in [0, 0.05) is 11.0 Å². The molecule has 0 aromatic heterocycles. The summed E-state index contributed by atoms with van der Waals surface area (Å²) in [5, 5.41) is 6.27. The third-order valence-electron chi connectivity index (χ3n) is 3.09. The Bertz CT molecular complexity index is 550. The molecule has 2 amide bonds. The molecule has 5 nitrogen and oxygen atoms in total. The maximum Gasteiger partial charge on any atom is 0.408 e. The van der Waals surface area contributed by atoms with Gasteiger partial charge >= 0.3 is 6.09 Å². The van der Waals surface area contributed by atoms with Crippen molar-refractivity contribution >= 4 is 33.6 Å². The molecule has 6 heteroatoms. The van der Waals surface area contributed by atoms with Gasteiger partial charge in [-0.3, -0.25) is 4.79 Å². The Morgan fingerprint density at radius 3 is 2.21 bits per heavy atom. The molecule has 134 valence electrons. The average molecular weight is 399 g/mol. The van der Waals surface area contributed by atoms with Gasteiger partial charge in [-0.1, -0.05) is 41.9 Å². The van der Waals surface area contributed by atoms with Gasteiger partial charge in [-0.05, 0) is 50.8 Å². The Labute approximate surface area is 152 Å². The van der Waals surface area contributed by atoms with Gasteiger partial charge in [-0.15, -0.1) is 0 Å². The molecule has 1 aromatic rings. The normalized spacial score (nSPS) is 12.6. The number of anilines is 1. The first-order valence-electron chi connectivity index (χ1n) is 8.06. The van der Waals surface area contributed by atoms with Crippen LogP contribution in [0.3, 0.4) is 0 Å². The van der Waals surface area contributed by atoms with E-state index in [-0.39, 0.29) is 11.8 Å². The molecule has 0 saturated carbocycles. The number of nitrogens with one attached hydrogen (secondary N) is 2. The first-order chi connectivity index (χ1) is 11.1. The highest BCUT2D eigenvalue weighted by molar-refractivity contribution is 9.08. The molecule has 0 fully saturated rings. The fourth-order valence-corrected chi connectivity index (χ4v) is 2.43. The highest BCUT2D eigenvalue weighted by atomic mass is 79.9. The standard InChI is InChI=1S/C18H27BrN2O3/c1-12(2)10-15(21-17(23)24-18(3,4)5)16(22)20-14-8-6-13(11-19)7-9-14/h6-9,12,15H,10-11H2,1-5H3,(H,20,22)(H,21,23)/t15-/m1/s1. The van der Waals surface area contributed by atoms with Crippen LogP contribution in [-0.4, -0.2) is 23.6 Å². The summed E-state index contributed by atoms with van der Waals surface area (Å²) in [6, 6.07) is 6.91. The van der Waals surface area contributed by atoms with E-state index in [1.807, 2.05) is 38.1 Å². The fourth-order valence-electron chi connectivity index (χ4n) is 2.06. The molecule has 2 N–H and O–H groups in total. The monoisotopic (exact) mass is 398 g/mol. The van der Waals surface area contributed by atoms with E-state index in [0.29, 0.717) is 12.1 Å². The highest BCUT2D eigenvalue weighted by Crippen LogP contribution is 2.14. The maximum absolute atomic E-state index is 12.5. The lowest BCUT2D eigenvalue weighted by atomic mass is 10.0. The highest BCUT2D eigenvalue weighted by Gasteiger charge is 2.25. The van der Waals surface area contributed by atoms with Crippen LogP contribution in [-0.2, 0) is 14.9 Å². The summed E-state index contributed by atoms with van der Waals surface area (Å²) in [5.41, 5.74) is 1.22. The van der Waals surface area contributed by atoms with E-state index in [9.17, 15) is 9.59 Å². The zero-order valence-electron chi connectivity index (χ0n) is 15.0. The largest absolute Gasteiger partial charge is 0.444 e. The van der Waals surface area contributed by atoms with E-state index in [1.54, 1.807) is 20.8 Å². The molecule has 1 atom stereocenters. The van der Waals surface area contributed by atoms with Gasteiger partial charge in [-0.2, -0.15) is 0 Å². The molecule has 24 heavy (non-hydrogen) atoms. The fraction of sp³-hybridized carbons (Fsp3) is 0.556. The van der Waals surface area contributed by atoms with Crippen molar-refractivity contribution in [2.75, 3.05) is 5.32 Å². The van der Waals surface area contributed by atoms with E-state index in [1.165, 1.54) is 0 Å². The summed E-state index contributed by atoms with van der Waals surface area (Å²) in [4.78, 5) is 24.5. The number of alkyl halides is 1. The number of halogens is 1. The maximum atomic E-state index is 12.5. The zero-order valence-corrected chi connectivity index (χ0v) is 16.6. The SMILES string of the molecule is CC(C)C[C@@H](NC(=O)OC(C)(C)C)C(=O)Nc1ccc(CBr)cc1. The lowest BCUT2D eigenvalue weighted by molar-refractivity contribution is -0.118. The van der Waals surface area contributed by atoms with Gasteiger partial charge in [-0.25, -0.2) is 4.79 Å². The van der Waals surface area contributed by atoms with Crippen LogP contribution in [0.15, 0.2) is 24.3 Å². The predicted octanol–water partition coefficient (Wildman–Crippen LogP) is 4.46. The molecule has 0 saturated heterocycles. The Kier molecular flexibility index (Phi) is 7.73. The van der Waals surface area contributed by atoms with E-state index in [2.05, 4.69) is 26.6 Å². The van der Waals surface area contributed by atoms with Crippen LogP contribution in [0.1, 0.15) is 46.6 Å². The molecule has 0 aliphatic rings. The summed E-state index contributed by atoms with van der Waals surface area (Å²) in [6.07, 6.45) is -0.0529. The van der Waals surface area contributed by atoms with Gasteiger partial charge in [0.1, 0.15) is 11.6 Å². The number of carbonyl (C=O) groups excluding carboxylic acids is 2. The van der Waals surface area contributed by atoms with Crippen LogP contribution < -0.4 is 10.6 Å². The topological polar surface area (TPSA) is 67.4 Å². The van der Waals surface area contributed by atoms with Crippen LogP contribution >= 0.6 is 15.9 Å². The second-order valence-corrected chi connectivity index (χ2v) is 7.71. The van der Waals surface area contributed by atoms with Crippen molar-refractivity contribution in [3.05, 3.63) is 29.8 Å². The smallest absolute Gasteiger partial charge is 0.408 e. The zero-order chi connectivity index (χ0) is 18.3. The van der Waals surface area contributed by atoms with Crippen molar-refractivity contribution in [2.24, 2.45) is 5.92 Å². The van der Waals surface area contributed by atoms with Crippen LogP contribution in [0.4, 0.5) is 10.5 Å². The summed E-state index contributed by atoms with van der Waals surface area (Å²) in [6.45, 7) is 9.37. The summed E-state index contributed by atoms with van der Waals surface area (Å²) in [7, 11) is 0.